The Balaban J connectivity index is 1.18. The second kappa shape index (κ2) is 11.5. The van der Waals surface area contributed by atoms with Crippen LogP contribution in [0, 0.1) is 0 Å². The van der Waals surface area contributed by atoms with E-state index >= 15 is 0 Å². The van der Waals surface area contributed by atoms with E-state index in [1.807, 2.05) is 24.3 Å². The van der Waals surface area contributed by atoms with Crippen LogP contribution in [0.1, 0.15) is 31.2 Å². The Morgan fingerprint density at radius 2 is 1.65 bits per heavy atom. The van der Waals surface area contributed by atoms with Crippen molar-refractivity contribution in [1.29, 1.82) is 0 Å². The molecule has 0 spiro atoms. The van der Waals surface area contributed by atoms with Crippen LogP contribution in [0.4, 0.5) is 5.82 Å². The second-order valence-corrected chi connectivity index (χ2v) is 12.3. The molecule has 0 saturated carbocycles. The van der Waals surface area contributed by atoms with Gasteiger partial charge in [0.25, 0.3) is 0 Å². The summed E-state index contributed by atoms with van der Waals surface area (Å²) in [6.45, 7) is 2.48. The molecule has 3 N–H and O–H groups in total. The highest BCUT2D eigenvalue weighted by Gasteiger charge is 2.29. The number of rotatable bonds is 8. The third-order valence-electron chi connectivity index (χ3n) is 7.34. The van der Waals surface area contributed by atoms with Gasteiger partial charge in [0, 0.05) is 43.6 Å². The number of benzene rings is 2. The van der Waals surface area contributed by atoms with Gasteiger partial charge < -0.3 is 19.7 Å². The highest BCUT2D eigenvalue weighted by atomic mass is 32.2. The molecule has 0 aliphatic carbocycles. The summed E-state index contributed by atoms with van der Waals surface area (Å²) >= 11 is 0. The van der Waals surface area contributed by atoms with Gasteiger partial charge in [0.05, 0.1) is 22.0 Å². The molecule has 0 amide bonds. The maximum absolute atomic E-state index is 13.0. The number of aromatic nitrogens is 3. The van der Waals surface area contributed by atoms with Crippen LogP contribution < -0.4 is 11.1 Å². The lowest BCUT2D eigenvalue weighted by Gasteiger charge is -2.22. The van der Waals surface area contributed by atoms with Crippen LogP contribution in [0.15, 0.2) is 70.2 Å². The van der Waals surface area contributed by atoms with Gasteiger partial charge in [-0.25, -0.2) is 18.4 Å². The fourth-order valence-corrected chi connectivity index (χ4v) is 6.71. The van der Waals surface area contributed by atoms with E-state index in [-0.39, 0.29) is 12.0 Å². The zero-order valence-corrected chi connectivity index (χ0v) is 22.8. The van der Waals surface area contributed by atoms with Gasteiger partial charge in [0.15, 0.2) is 27.1 Å². The van der Waals surface area contributed by atoms with E-state index in [4.69, 9.17) is 19.7 Å². The molecule has 2 saturated heterocycles. The van der Waals surface area contributed by atoms with Gasteiger partial charge in [-0.2, -0.15) is 0 Å². The minimum Gasteiger partial charge on any atom is -0.382 e. The smallest absolute Gasteiger partial charge is 0.189 e. The first-order valence-corrected chi connectivity index (χ1v) is 15.0. The molecule has 2 fully saturated rings. The SMILES string of the molecule is Nc1ncc(-c2ccc(S(=O)(=O)C3CCOCC3)cc2)nc1-c1cc(-c2ccc(CN[C@@H]3CCCO3)cc2)no1. The molecular formula is C29H31N5O5S. The normalized spacial score (nSPS) is 18.2. The quantitative estimate of drug-likeness (QED) is 0.321. The van der Waals surface area contributed by atoms with Gasteiger partial charge >= 0.3 is 0 Å². The summed E-state index contributed by atoms with van der Waals surface area (Å²) in [7, 11) is -3.42. The molecule has 0 unspecified atom stereocenters. The van der Waals surface area contributed by atoms with Crippen molar-refractivity contribution in [3.63, 3.8) is 0 Å². The Kier molecular flexibility index (Phi) is 7.61. The van der Waals surface area contributed by atoms with Crippen molar-refractivity contribution in [2.75, 3.05) is 25.6 Å². The van der Waals surface area contributed by atoms with E-state index in [2.05, 4.69) is 20.4 Å². The summed E-state index contributed by atoms with van der Waals surface area (Å²) in [5.74, 6) is 0.602. The Morgan fingerprint density at radius 1 is 0.925 bits per heavy atom. The monoisotopic (exact) mass is 561 g/mol. The molecular weight excluding hydrogens is 530 g/mol. The number of nitrogen functional groups attached to an aromatic ring is 1. The van der Waals surface area contributed by atoms with Crippen LogP contribution in [0.25, 0.3) is 34.0 Å². The largest absolute Gasteiger partial charge is 0.382 e. The Bertz CT molecular complexity index is 1560. The van der Waals surface area contributed by atoms with E-state index < -0.39 is 15.1 Å². The fraction of sp³-hybridized carbons (Fsp3) is 0.345. The Morgan fingerprint density at radius 3 is 2.38 bits per heavy atom. The maximum atomic E-state index is 13.0. The van der Waals surface area contributed by atoms with Crippen molar-refractivity contribution in [2.45, 2.75) is 48.6 Å². The van der Waals surface area contributed by atoms with Crippen LogP contribution in [0.2, 0.25) is 0 Å². The summed E-state index contributed by atoms with van der Waals surface area (Å²) in [5, 5.41) is 7.21. The molecule has 4 heterocycles. The van der Waals surface area contributed by atoms with Crippen molar-refractivity contribution in [3.05, 3.63) is 66.4 Å². The average Bonchev–Trinajstić information content (AvgIpc) is 3.70. The summed E-state index contributed by atoms with van der Waals surface area (Å²) in [5.41, 5.74) is 10.5. The van der Waals surface area contributed by atoms with Gasteiger partial charge in [-0.15, -0.1) is 0 Å². The molecule has 4 aromatic rings. The number of hydrogen-bond acceptors (Lipinski definition) is 10. The zero-order valence-electron chi connectivity index (χ0n) is 22.0. The number of nitrogens with one attached hydrogen (secondary N) is 1. The van der Waals surface area contributed by atoms with E-state index in [9.17, 15) is 8.42 Å². The van der Waals surface area contributed by atoms with Crippen molar-refractivity contribution in [1.82, 2.24) is 20.4 Å². The van der Waals surface area contributed by atoms with Gasteiger partial charge in [0.2, 0.25) is 0 Å². The van der Waals surface area contributed by atoms with Gasteiger partial charge in [0.1, 0.15) is 11.9 Å². The first-order valence-electron chi connectivity index (χ1n) is 13.4. The molecule has 208 valence electrons. The molecule has 0 radical (unpaired) electrons. The Labute approximate surface area is 232 Å². The van der Waals surface area contributed by atoms with Crippen LogP contribution in [0.5, 0.6) is 0 Å². The van der Waals surface area contributed by atoms with Crippen LogP contribution in [0.3, 0.4) is 0 Å². The molecule has 2 aliphatic heterocycles. The van der Waals surface area contributed by atoms with E-state index in [0.29, 0.717) is 59.4 Å². The highest BCUT2D eigenvalue weighted by Crippen LogP contribution is 2.31. The van der Waals surface area contributed by atoms with Crippen LogP contribution in [-0.2, 0) is 25.9 Å². The van der Waals surface area contributed by atoms with E-state index in [1.54, 1.807) is 36.5 Å². The molecule has 40 heavy (non-hydrogen) atoms. The third-order valence-corrected chi connectivity index (χ3v) is 9.62. The maximum Gasteiger partial charge on any atom is 0.189 e. The fourth-order valence-electron chi connectivity index (χ4n) is 5.00. The minimum absolute atomic E-state index is 0.128. The predicted octanol–water partition coefficient (Wildman–Crippen LogP) is 4.23. The molecule has 2 aliphatic rings. The van der Waals surface area contributed by atoms with Crippen LogP contribution >= 0.6 is 0 Å². The lowest BCUT2D eigenvalue weighted by atomic mass is 10.1. The topological polar surface area (TPSA) is 142 Å². The molecule has 10 nitrogen and oxygen atoms in total. The van der Waals surface area contributed by atoms with Gasteiger partial charge in [-0.05, 0) is 43.4 Å². The first kappa shape index (κ1) is 26.6. The summed E-state index contributed by atoms with van der Waals surface area (Å²) in [4.78, 5) is 9.26. The number of ether oxygens (including phenoxy) is 2. The minimum atomic E-state index is -3.42. The lowest BCUT2D eigenvalue weighted by molar-refractivity contribution is 0.0827. The molecule has 6 rings (SSSR count). The number of nitrogens with two attached hydrogens (primary N) is 1. The standard InChI is InChI=1S/C29H31N5O5S/c30-29-28(26-16-24(34-39-26)20-5-3-19(4-6-20)17-31-27-2-1-13-38-27)33-25(18-32-29)21-7-9-22(10-8-21)40(35,36)23-11-14-37-15-12-23/h3-10,16,18,23,27,31H,1-2,11-15,17H2,(H2,30,32)/t27-/m0/s1. The first-order chi connectivity index (χ1) is 19.5. The summed E-state index contributed by atoms with van der Waals surface area (Å²) < 4.78 is 42.6. The molecule has 0 bridgehead atoms. The number of sulfone groups is 1. The van der Waals surface area contributed by atoms with E-state index in [1.165, 1.54) is 0 Å². The molecule has 2 aromatic heterocycles. The highest BCUT2D eigenvalue weighted by molar-refractivity contribution is 7.92. The average molecular weight is 562 g/mol. The van der Waals surface area contributed by atoms with Gasteiger partial charge in [-0.1, -0.05) is 41.6 Å². The second-order valence-electron chi connectivity index (χ2n) is 10.0. The number of nitrogens with zero attached hydrogens (tertiary/aromatic N) is 3. The predicted molar refractivity (Wildman–Crippen MR) is 150 cm³/mol. The van der Waals surface area contributed by atoms with Crippen molar-refractivity contribution >= 4 is 15.7 Å². The van der Waals surface area contributed by atoms with Crippen molar-refractivity contribution in [2.24, 2.45) is 0 Å². The van der Waals surface area contributed by atoms with Crippen LogP contribution in [-0.4, -0.2) is 54.8 Å². The third kappa shape index (κ3) is 5.64. The lowest BCUT2D eigenvalue weighted by Crippen LogP contribution is -2.28. The number of hydrogen-bond donors (Lipinski definition) is 2. The van der Waals surface area contributed by atoms with E-state index in [0.717, 1.165) is 37.1 Å². The molecule has 1 atom stereocenters. The van der Waals surface area contributed by atoms with Gasteiger partial charge in [-0.3, -0.25) is 5.32 Å². The summed E-state index contributed by atoms with van der Waals surface area (Å²) in [6, 6.07) is 16.6. The van der Waals surface area contributed by atoms with Crippen molar-refractivity contribution in [3.8, 4) is 34.0 Å². The Hall–Kier alpha value is -3.64. The van der Waals surface area contributed by atoms with Crippen molar-refractivity contribution < 1.29 is 22.4 Å². The number of anilines is 1. The zero-order chi connectivity index (χ0) is 27.5. The molecule has 2 aromatic carbocycles. The molecule has 11 heteroatoms. The summed E-state index contributed by atoms with van der Waals surface area (Å²) in [6.07, 6.45) is 4.83.